The first-order valence-corrected chi connectivity index (χ1v) is 5.70. The Morgan fingerprint density at radius 1 is 1.50 bits per heavy atom. The fraction of sp³-hybridized carbons (Fsp3) is 0.333. The molecule has 3 nitrogen and oxygen atoms in total. The topological polar surface area (TPSA) is 29.5 Å². The summed E-state index contributed by atoms with van der Waals surface area (Å²) in [7, 11) is 0. The van der Waals surface area contributed by atoms with Crippen LogP contribution in [0.2, 0.25) is 0 Å². The SMILES string of the molecule is CC[C@H]1COC(=S)N1C(=O)c1ccccc1. The lowest BCUT2D eigenvalue weighted by atomic mass is 10.1. The van der Waals surface area contributed by atoms with E-state index in [0.717, 1.165) is 6.42 Å². The molecule has 0 unspecified atom stereocenters. The smallest absolute Gasteiger partial charge is 0.266 e. The molecule has 1 heterocycles. The van der Waals surface area contributed by atoms with Gasteiger partial charge in [-0.1, -0.05) is 25.1 Å². The van der Waals surface area contributed by atoms with Gasteiger partial charge in [0.25, 0.3) is 11.1 Å². The Hall–Kier alpha value is -1.42. The molecular weight excluding hydrogens is 222 g/mol. The number of rotatable bonds is 2. The summed E-state index contributed by atoms with van der Waals surface area (Å²) in [6.07, 6.45) is 0.846. The molecule has 0 saturated carbocycles. The minimum absolute atomic E-state index is 0.0696. The average molecular weight is 235 g/mol. The van der Waals surface area contributed by atoms with Crippen LogP contribution in [0.15, 0.2) is 30.3 Å². The van der Waals surface area contributed by atoms with E-state index in [1.54, 1.807) is 17.0 Å². The van der Waals surface area contributed by atoms with E-state index in [-0.39, 0.29) is 11.9 Å². The molecule has 0 radical (unpaired) electrons. The van der Waals surface area contributed by atoms with Crippen LogP contribution in [0.5, 0.6) is 0 Å². The summed E-state index contributed by atoms with van der Waals surface area (Å²) in [6, 6.07) is 9.21. The highest BCUT2D eigenvalue weighted by atomic mass is 32.1. The van der Waals surface area contributed by atoms with Crippen LogP contribution in [-0.4, -0.2) is 28.6 Å². The second kappa shape index (κ2) is 4.61. The normalized spacial score (nSPS) is 19.7. The molecule has 1 aromatic rings. The number of thiocarbonyl (C=S) groups is 1. The summed E-state index contributed by atoms with van der Waals surface area (Å²) in [6.45, 7) is 2.53. The molecule has 0 bridgehead atoms. The Bertz CT molecular complexity index is 405. The van der Waals surface area contributed by atoms with E-state index in [4.69, 9.17) is 17.0 Å². The Labute approximate surface area is 100 Å². The van der Waals surface area contributed by atoms with Crippen molar-refractivity contribution in [3.63, 3.8) is 0 Å². The van der Waals surface area contributed by atoms with E-state index >= 15 is 0 Å². The zero-order chi connectivity index (χ0) is 11.5. The first-order chi connectivity index (χ1) is 7.74. The van der Waals surface area contributed by atoms with Gasteiger partial charge in [0.2, 0.25) is 0 Å². The zero-order valence-corrected chi connectivity index (χ0v) is 9.87. The molecule has 0 N–H and O–H groups in total. The van der Waals surface area contributed by atoms with Gasteiger partial charge in [-0.2, -0.15) is 0 Å². The maximum atomic E-state index is 12.2. The van der Waals surface area contributed by atoms with Gasteiger partial charge in [-0.25, -0.2) is 0 Å². The van der Waals surface area contributed by atoms with Gasteiger partial charge in [0.15, 0.2) is 0 Å². The van der Waals surface area contributed by atoms with E-state index < -0.39 is 0 Å². The monoisotopic (exact) mass is 235 g/mol. The highest BCUT2D eigenvalue weighted by Gasteiger charge is 2.34. The molecule has 0 spiro atoms. The molecule has 4 heteroatoms. The number of hydrogen-bond donors (Lipinski definition) is 0. The van der Waals surface area contributed by atoms with Gasteiger partial charge < -0.3 is 4.74 Å². The van der Waals surface area contributed by atoms with Gasteiger partial charge in [0, 0.05) is 5.56 Å². The van der Waals surface area contributed by atoms with Crippen molar-refractivity contribution in [1.29, 1.82) is 0 Å². The predicted octanol–water partition coefficient (Wildman–Crippen LogP) is 2.22. The maximum Gasteiger partial charge on any atom is 0.266 e. The van der Waals surface area contributed by atoms with E-state index in [2.05, 4.69) is 0 Å². The van der Waals surface area contributed by atoms with E-state index in [1.807, 2.05) is 25.1 Å². The molecule has 0 aliphatic carbocycles. The lowest BCUT2D eigenvalue weighted by Gasteiger charge is -2.19. The van der Waals surface area contributed by atoms with Crippen molar-refractivity contribution >= 4 is 23.3 Å². The number of hydrogen-bond acceptors (Lipinski definition) is 3. The van der Waals surface area contributed by atoms with Crippen molar-refractivity contribution in [1.82, 2.24) is 4.90 Å². The molecule has 84 valence electrons. The number of ether oxygens (including phenoxy) is 1. The first-order valence-electron chi connectivity index (χ1n) is 5.29. The third-order valence-corrected chi connectivity index (χ3v) is 2.99. The van der Waals surface area contributed by atoms with Crippen LogP contribution in [0.25, 0.3) is 0 Å². The van der Waals surface area contributed by atoms with Crippen LogP contribution in [0.4, 0.5) is 0 Å². The van der Waals surface area contributed by atoms with Gasteiger partial charge in [-0.15, -0.1) is 0 Å². The van der Waals surface area contributed by atoms with Crippen LogP contribution < -0.4 is 0 Å². The summed E-state index contributed by atoms with van der Waals surface area (Å²) in [5.74, 6) is -0.0741. The summed E-state index contributed by atoms with van der Waals surface area (Å²) < 4.78 is 5.25. The zero-order valence-electron chi connectivity index (χ0n) is 9.05. The number of benzene rings is 1. The number of carbonyl (C=O) groups excluding carboxylic acids is 1. The van der Waals surface area contributed by atoms with E-state index in [0.29, 0.717) is 17.3 Å². The van der Waals surface area contributed by atoms with Gasteiger partial charge in [-0.3, -0.25) is 9.69 Å². The van der Waals surface area contributed by atoms with Crippen LogP contribution in [0, 0.1) is 0 Å². The molecule has 16 heavy (non-hydrogen) atoms. The average Bonchev–Trinajstić information content (AvgIpc) is 2.70. The first kappa shape index (κ1) is 11.1. The fourth-order valence-electron chi connectivity index (χ4n) is 1.73. The molecule has 1 aromatic carbocycles. The molecule has 1 atom stereocenters. The highest BCUT2D eigenvalue weighted by molar-refractivity contribution is 7.80. The van der Waals surface area contributed by atoms with Gasteiger partial charge >= 0.3 is 0 Å². The third-order valence-electron chi connectivity index (χ3n) is 2.67. The van der Waals surface area contributed by atoms with Crippen LogP contribution in [0.1, 0.15) is 23.7 Å². The summed E-state index contributed by atoms with van der Waals surface area (Å²) in [5.41, 5.74) is 0.647. The van der Waals surface area contributed by atoms with Crippen molar-refractivity contribution in [3.8, 4) is 0 Å². The highest BCUT2D eigenvalue weighted by Crippen LogP contribution is 2.18. The van der Waals surface area contributed by atoms with Gasteiger partial charge in [0.1, 0.15) is 6.61 Å². The molecular formula is C12H13NO2S. The molecule has 1 amide bonds. The molecule has 0 aromatic heterocycles. The molecule has 1 aliphatic heterocycles. The van der Waals surface area contributed by atoms with Crippen LogP contribution in [0.3, 0.4) is 0 Å². The Kier molecular flexibility index (Phi) is 3.19. The molecule has 1 saturated heterocycles. The van der Waals surface area contributed by atoms with Crippen molar-refractivity contribution in [2.24, 2.45) is 0 Å². The van der Waals surface area contributed by atoms with E-state index in [1.165, 1.54) is 0 Å². The summed E-state index contributed by atoms with van der Waals surface area (Å²) in [5, 5.41) is 0.292. The number of carbonyl (C=O) groups is 1. The van der Waals surface area contributed by atoms with Crippen LogP contribution in [-0.2, 0) is 4.74 Å². The number of nitrogens with zero attached hydrogens (tertiary/aromatic N) is 1. The van der Waals surface area contributed by atoms with Crippen molar-refractivity contribution < 1.29 is 9.53 Å². The minimum atomic E-state index is -0.0741. The molecule has 1 fully saturated rings. The Morgan fingerprint density at radius 3 is 2.81 bits per heavy atom. The van der Waals surface area contributed by atoms with E-state index in [9.17, 15) is 4.79 Å². The lowest BCUT2D eigenvalue weighted by molar-refractivity contribution is 0.0822. The van der Waals surface area contributed by atoms with Gasteiger partial charge in [0.05, 0.1) is 6.04 Å². The quantitative estimate of drug-likeness (QED) is 0.736. The lowest BCUT2D eigenvalue weighted by Crippen LogP contribution is -2.38. The third kappa shape index (κ3) is 1.93. The van der Waals surface area contributed by atoms with Crippen LogP contribution >= 0.6 is 12.2 Å². The van der Waals surface area contributed by atoms with Gasteiger partial charge in [-0.05, 0) is 30.8 Å². The van der Waals surface area contributed by atoms with Crippen molar-refractivity contribution in [2.45, 2.75) is 19.4 Å². The second-order valence-corrected chi connectivity index (χ2v) is 4.03. The molecule has 2 rings (SSSR count). The molecule has 1 aliphatic rings. The standard InChI is InChI=1S/C12H13NO2S/c1-2-10-8-15-12(16)13(10)11(14)9-6-4-3-5-7-9/h3-7,10H,2,8H2,1H3/t10-/m0/s1. The predicted molar refractivity (Wildman–Crippen MR) is 65.2 cm³/mol. The summed E-state index contributed by atoms with van der Waals surface area (Å²) in [4.78, 5) is 13.8. The fourth-order valence-corrected chi connectivity index (χ4v) is 2.03. The van der Waals surface area contributed by atoms with Crippen molar-refractivity contribution in [2.75, 3.05) is 6.61 Å². The van der Waals surface area contributed by atoms with Crippen molar-refractivity contribution in [3.05, 3.63) is 35.9 Å². The summed E-state index contributed by atoms with van der Waals surface area (Å²) >= 11 is 5.04. The minimum Gasteiger partial charge on any atom is -0.468 e. The Balaban J connectivity index is 2.24. The largest absolute Gasteiger partial charge is 0.468 e. The maximum absolute atomic E-state index is 12.2. The Morgan fingerprint density at radius 2 is 2.19 bits per heavy atom. The number of amides is 1. The second-order valence-electron chi connectivity index (χ2n) is 3.68.